The Morgan fingerprint density at radius 2 is 2.04 bits per heavy atom. The standard InChI is InChI=1S/C15H12F4N4O/c1-7(11-5-8-3-2-4-10(16)12(8)24-11)22-14-21-6-9(13(20)23-14)15(17,18)19/h2-7H,1H3,(H3,20,21,22,23)/t7-/m1/s1. The van der Waals surface area contributed by atoms with Gasteiger partial charge in [-0.2, -0.15) is 18.2 Å². The van der Waals surface area contributed by atoms with Crippen LogP contribution in [-0.2, 0) is 6.18 Å². The molecule has 1 atom stereocenters. The van der Waals surface area contributed by atoms with Gasteiger partial charge in [-0.05, 0) is 19.1 Å². The monoisotopic (exact) mass is 340 g/mol. The molecular formula is C15H12F4N4O. The van der Waals surface area contributed by atoms with Crippen molar-refractivity contribution in [3.8, 4) is 0 Å². The highest BCUT2D eigenvalue weighted by molar-refractivity contribution is 5.78. The third-order valence-corrected chi connectivity index (χ3v) is 3.41. The first-order valence-corrected chi connectivity index (χ1v) is 6.90. The van der Waals surface area contributed by atoms with Crippen LogP contribution < -0.4 is 11.1 Å². The molecule has 0 radical (unpaired) electrons. The highest BCUT2D eigenvalue weighted by Crippen LogP contribution is 2.33. The molecule has 2 heterocycles. The van der Waals surface area contributed by atoms with Gasteiger partial charge in [-0.15, -0.1) is 0 Å². The Morgan fingerprint density at radius 3 is 2.67 bits per heavy atom. The van der Waals surface area contributed by atoms with E-state index >= 15 is 0 Å². The average Bonchev–Trinajstić information content (AvgIpc) is 2.91. The van der Waals surface area contributed by atoms with Crippen molar-refractivity contribution in [2.45, 2.75) is 19.1 Å². The Bertz CT molecular complexity index is 891. The lowest BCUT2D eigenvalue weighted by atomic mass is 10.2. The number of aromatic nitrogens is 2. The first-order valence-electron chi connectivity index (χ1n) is 6.90. The van der Waals surface area contributed by atoms with Crippen molar-refractivity contribution < 1.29 is 22.0 Å². The molecule has 126 valence electrons. The molecule has 0 aliphatic heterocycles. The molecular weight excluding hydrogens is 328 g/mol. The molecule has 2 aromatic heterocycles. The zero-order chi connectivity index (χ0) is 17.5. The molecule has 24 heavy (non-hydrogen) atoms. The van der Waals surface area contributed by atoms with E-state index in [2.05, 4.69) is 15.3 Å². The quantitative estimate of drug-likeness (QED) is 0.701. The summed E-state index contributed by atoms with van der Waals surface area (Å²) < 4.78 is 57.0. The fourth-order valence-electron chi connectivity index (χ4n) is 2.21. The van der Waals surface area contributed by atoms with Crippen molar-refractivity contribution in [3.05, 3.63) is 47.6 Å². The van der Waals surface area contributed by atoms with E-state index in [1.165, 1.54) is 6.07 Å². The summed E-state index contributed by atoms with van der Waals surface area (Å²) in [6.07, 6.45) is -4.01. The first kappa shape index (κ1) is 16.0. The van der Waals surface area contributed by atoms with Crippen LogP contribution in [0, 0.1) is 5.82 Å². The molecule has 3 rings (SSSR count). The predicted octanol–water partition coefficient (Wildman–Crippen LogP) is 4.14. The van der Waals surface area contributed by atoms with Gasteiger partial charge >= 0.3 is 6.18 Å². The van der Waals surface area contributed by atoms with Crippen LogP contribution in [0.25, 0.3) is 11.0 Å². The highest BCUT2D eigenvalue weighted by atomic mass is 19.4. The van der Waals surface area contributed by atoms with Gasteiger partial charge in [0, 0.05) is 11.6 Å². The molecule has 3 aromatic rings. The van der Waals surface area contributed by atoms with Crippen LogP contribution in [0.3, 0.4) is 0 Å². The van der Waals surface area contributed by atoms with Crippen molar-refractivity contribution in [2.24, 2.45) is 0 Å². The molecule has 0 amide bonds. The summed E-state index contributed by atoms with van der Waals surface area (Å²) in [7, 11) is 0. The summed E-state index contributed by atoms with van der Waals surface area (Å²) in [6, 6.07) is 5.63. The number of hydrogen-bond donors (Lipinski definition) is 2. The van der Waals surface area contributed by atoms with Gasteiger partial charge in [0.1, 0.15) is 17.1 Å². The lowest BCUT2D eigenvalue weighted by Gasteiger charge is -2.13. The number of furan rings is 1. The van der Waals surface area contributed by atoms with Crippen LogP contribution in [0.5, 0.6) is 0 Å². The van der Waals surface area contributed by atoms with E-state index in [-0.39, 0.29) is 11.5 Å². The first-order chi connectivity index (χ1) is 11.3. The van der Waals surface area contributed by atoms with Crippen LogP contribution in [0.4, 0.5) is 29.3 Å². The third-order valence-electron chi connectivity index (χ3n) is 3.41. The normalized spacial score (nSPS) is 13.2. The lowest BCUT2D eigenvalue weighted by molar-refractivity contribution is -0.137. The van der Waals surface area contributed by atoms with Crippen molar-refractivity contribution in [1.82, 2.24) is 9.97 Å². The molecule has 1 aromatic carbocycles. The van der Waals surface area contributed by atoms with Crippen molar-refractivity contribution in [1.29, 1.82) is 0 Å². The minimum absolute atomic E-state index is 0.0890. The number of nitrogens with two attached hydrogens (primary N) is 1. The van der Waals surface area contributed by atoms with Gasteiger partial charge < -0.3 is 15.5 Å². The van der Waals surface area contributed by atoms with Crippen molar-refractivity contribution in [3.63, 3.8) is 0 Å². The molecule has 0 saturated heterocycles. The zero-order valence-electron chi connectivity index (χ0n) is 12.4. The minimum Gasteiger partial charge on any atom is -0.456 e. The second-order valence-corrected chi connectivity index (χ2v) is 5.16. The van der Waals surface area contributed by atoms with Crippen molar-refractivity contribution in [2.75, 3.05) is 11.1 Å². The predicted molar refractivity (Wildman–Crippen MR) is 79.7 cm³/mol. The van der Waals surface area contributed by atoms with Gasteiger partial charge in [-0.3, -0.25) is 0 Å². The molecule has 9 heteroatoms. The number of nitrogens with one attached hydrogen (secondary N) is 1. The van der Waals surface area contributed by atoms with E-state index in [0.717, 1.165) is 0 Å². The molecule has 0 aliphatic carbocycles. The van der Waals surface area contributed by atoms with Gasteiger partial charge in [0.05, 0.1) is 6.04 Å². The number of nitrogens with zero attached hydrogens (tertiary/aromatic N) is 2. The smallest absolute Gasteiger partial charge is 0.421 e. The Kier molecular flexibility index (Phi) is 3.78. The van der Waals surface area contributed by atoms with Crippen LogP contribution in [-0.4, -0.2) is 9.97 Å². The van der Waals surface area contributed by atoms with Crippen molar-refractivity contribution >= 4 is 22.7 Å². The second-order valence-electron chi connectivity index (χ2n) is 5.16. The van der Waals surface area contributed by atoms with E-state index in [1.807, 2.05) is 0 Å². The number of alkyl halides is 3. The maximum Gasteiger partial charge on any atom is 0.421 e. The fraction of sp³-hybridized carbons (Fsp3) is 0.200. The molecule has 3 N–H and O–H groups in total. The number of para-hydroxylation sites is 1. The number of anilines is 2. The third kappa shape index (κ3) is 2.97. The Morgan fingerprint density at radius 1 is 1.29 bits per heavy atom. The minimum atomic E-state index is -4.62. The Balaban J connectivity index is 1.85. The second kappa shape index (κ2) is 5.66. The summed E-state index contributed by atoms with van der Waals surface area (Å²) in [5, 5.41) is 3.35. The number of nitrogen functional groups attached to an aromatic ring is 1. The number of halogens is 4. The molecule has 0 bridgehead atoms. The molecule has 0 spiro atoms. The maximum atomic E-state index is 13.6. The number of hydrogen-bond acceptors (Lipinski definition) is 5. The molecule has 0 saturated carbocycles. The van der Waals surface area contributed by atoms with E-state index in [9.17, 15) is 17.6 Å². The number of benzene rings is 1. The van der Waals surface area contributed by atoms with Crippen LogP contribution in [0.2, 0.25) is 0 Å². The fourth-order valence-corrected chi connectivity index (χ4v) is 2.21. The Hall–Kier alpha value is -2.84. The Labute approximate surface area is 133 Å². The van der Waals surface area contributed by atoms with E-state index in [4.69, 9.17) is 10.2 Å². The van der Waals surface area contributed by atoms with E-state index in [1.54, 1.807) is 25.1 Å². The largest absolute Gasteiger partial charge is 0.456 e. The maximum absolute atomic E-state index is 13.6. The van der Waals surface area contributed by atoms with Crippen LogP contribution in [0.1, 0.15) is 24.3 Å². The average molecular weight is 340 g/mol. The summed E-state index contributed by atoms with van der Waals surface area (Å²) in [4.78, 5) is 7.20. The molecule has 5 nitrogen and oxygen atoms in total. The summed E-state index contributed by atoms with van der Waals surface area (Å²) >= 11 is 0. The SMILES string of the molecule is C[C@@H](Nc1ncc(C(F)(F)F)c(N)n1)c1cc2cccc(F)c2o1. The van der Waals surface area contributed by atoms with E-state index in [0.29, 0.717) is 17.3 Å². The highest BCUT2D eigenvalue weighted by Gasteiger charge is 2.34. The summed E-state index contributed by atoms with van der Waals surface area (Å²) in [5.74, 6) is -0.880. The number of rotatable bonds is 3. The summed E-state index contributed by atoms with van der Waals surface area (Å²) in [6.45, 7) is 1.67. The van der Waals surface area contributed by atoms with Gasteiger partial charge in [0.25, 0.3) is 0 Å². The zero-order valence-corrected chi connectivity index (χ0v) is 12.4. The number of fused-ring (bicyclic) bond motifs is 1. The topological polar surface area (TPSA) is 77.0 Å². The van der Waals surface area contributed by atoms with Crippen LogP contribution >= 0.6 is 0 Å². The molecule has 0 aliphatic rings. The lowest BCUT2D eigenvalue weighted by Crippen LogP contribution is -2.14. The van der Waals surface area contributed by atoms with Crippen LogP contribution in [0.15, 0.2) is 34.9 Å². The van der Waals surface area contributed by atoms with Gasteiger partial charge in [0.15, 0.2) is 11.4 Å². The van der Waals surface area contributed by atoms with E-state index < -0.39 is 29.4 Å². The van der Waals surface area contributed by atoms with Gasteiger partial charge in [-0.25, -0.2) is 9.37 Å². The summed E-state index contributed by atoms with van der Waals surface area (Å²) in [5.41, 5.74) is 4.32. The molecule has 0 unspecified atom stereocenters. The van der Waals surface area contributed by atoms with Gasteiger partial charge in [-0.1, -0.05) is 12.1 Å². The van der Waals surface area contributed by atoms with Gasteiger partial charge in [0.2, 0.25) is 5.95 Å². The molecule has 0 fully saturated rings.